The fraction of sp³-hybridized carbons (Fsp3) is 0.527. The Kier molecular flexibility index (Phi) is 39.3. The number of primary amides is 2. The molecule has 135 heavy (non-hydrogen) atoms. The number of para-hydroxylation sites is 2. The number of benzene rings is 3. The number of likely N-dealkylation sites (N-methyl/N-ethyl adjacent to an activating group) is 3. The maximum Gasteiger partial charge on any atom is 0.246 e. The summed E-state index contributed by atoms with van der Waals surface area (Å²) in [6.07, 6.45) is 5.95. The number of fused-ring (bicyclic) bond motifs is 4. The van der Waals surface area contributed by atoms with Gasteiger partial charge in [0.15, 0.2) is 5.96 Å². The van der Waals surface area contributed by atoms with Crippen LogP contribution in [0.2, 0.25) is 0 Å². The Labute approximate surface area is 784 Å². The molecular formula is C91H127FN24O18S. The van der Waals surface area contributed by atoms with E-state index in [1.165, 1.54) is 57.6 Å². The van der Waals surface area contributed by atoms with E-state index >= 15 is 38.4 Å². The van der Waals surface area contributed by atoms with Crippen molar-refractivity contribution in [2.75, 3.05) is 65.4 Å². The van der Waals surface area contributed by atoms with E-state index in [4.69, 9.17) is 22.6 Å². The number of H-pyrrole nitrogens is 3. The molecule has 3 aromatic heterocycles. The summed E-state index contributed by atoms with van der Waals surface area (Å²) in [5.41, 5.74) is 19.7. The lowest BCUT2D eigenvalue weighted by molar-refractivity contribution is -0.149. The van der Waals surface area contributed by atoms with Crippen molar-refractivity contribution >= 4 is 140 Å². The van der Waals surface area contributed by atoms with Crippen LogP contribution in [0.4, 0.5) is 4.39 Å². The Bertz CT molecular complexity index is 5230. The monoisotopic (exact) mass is 1890 g/mol. The molecule has 9 rings (SSSR count). The summed E-state index contributed by atoms with van der Waals surface area (Å²) in [4.78, 5) is 269. The quantitative estimate of drug-likeness (QED) is 0.0168. The van der Waals surface area contributed by atoms with Gasteiger partial charge >= 0.3 is 0 Å². The molecule has 0 spiro atoms. The Hall–Kier alpha value is -13.6. The number of thioether (sulfide) groups is 1. The second-order valence-electron chi connectivity index (χ2n) is 34.7. The first-order chi connectivity index (χ1) is 64.4. The van der Waals surface area contributed by atoms with Crippen molar-refractivity contribution in [1.29, 1.82) is 5.41 Å². The van der Waals surface area contributed by atoms with E-state index in [-0.39, 0.29) is 108 Å². The minimum Gasteiger partial charge on any atom is -0.394 e. The van der Waals surface area contributed by atoms with E-state index < -0.39 is 234 Å². The number of aliphatic hydroxyl groups is 1. The van der Waals surface area contributed by atoms with Crippen LogP contribution in [-0.4, -0.2) is 306 Å². The number of hydrogen-bond acceptors (Lipinski definition) is 21. The minimum atomic E-state index is -1.85. The zero-order valence-corrected chi connectivity index (χ0v) is 78.0. The molecule has 0 radical (unpaired) electrons. The number of guanidine groups is 1. The number of nitrogens with zero attached hydrogens (tertiary/aromatic N) is 6. The molecule has 0 aliphatic carbocycles. The zero-order chi connectivity index (χ0) is 98.4. The van der Waals surface area contributed by atoms with E-state index in [1.807, 2.05) is 13.8 Å². The number of hydrogen-bond donors (Lipinski definition) is 19. The van der Waals surface area contributed by atoms with Gasteiger partial charge in [-0.1, -0.05) is 102 Å². The number of imidazole rings is 1. The number of aliphatic hydroxyl groups excluding tert-OH is 1. The van der Waals surface area contributed by atoms with Crippen molar-refractivity contribution < 1.29 is 91.0 Å². The maximum atomic E-state index is 15.8. The van der Waals surface area contributed by atoms with Crippen molar-refractivity contribution in [2.24, 2.45) is 23.1 Å². The Balaban J connectivity index is 1.10. The second kappa shape index (κ2) is 50.5. The van der Waals surface area contributed by atoms with Crippen LogP contribution in [0.5, 0.6) is 0 Å². The molecule has 732 valence electrons. The van der Waals surface area contributed by atoms with Crippen molar-refractivity contribution in [3.8, 4) is 0 Å². The number of nitrogens with two attached hydrogens (primary N) is 3. The number of halogens is 1. The summed E-state index contributed by atoms with van der Waals surface area (Å²) in [7, 11) is 3.89. The third-order valence-corrected chi connectivity index (χ3v) is 25.3. The number of rotatable bonds is 26. The number of nitrogens with one attached hydrogen (secondary N) is 15. The van der Waals surface area contributed by atoms with E-state index in [0.29, 0.717) is 64.3 Å². The van der Waals surface area contributed by atoms with Crippen LogP contribution < -0.4 is 75.7 Å². The van der Waals surface area contributed by atoms with E-state index in [2.05, 4.69) is 78.4 Å². The fourth-order valence-corrected chi connectivity index (χ4v) is 17.7. The van der Waals surface area contributed by atoms with Gasteiger partial charge in [-0.05, 0) is 112 Å². The summed E-state index contributed by atoms with van der Waals surface area (Å²) < 4.78 is 14.9. The highest BCUT2D eigenvalue weighted by molar-refractivity contribution is 8.00. The molecule has 22 N–H and O–H groups in total. The SMILES string of the molecule is CCCC[C@H]1C(=O)N(C)[C@@H](CCCC)C(=O)N[C@@H](CCCNC(=N)N)C(=O)N[C@H](C(=O)NCC(N)=O)CSCC(=O)N[C@@H](Cc2cccc(F)c2)C(=O)N(C)[C@@H](C)C(=O)N[C@@H](CC(N)=O)C(=O)N2CCC[C@H]2C(=O)N[C@@H](Cc2cnc[nH]2)C(=O)N[C@@H](CC(C)C)C(=O)N2CCC[C@H]2C(=O)N[C@@H](Cc2c[nH]c3ccccc23)C(=O)N[C@@H](CO)C(=O)N[C@@H](Cc2c[nH]c3ccccc23)C(=O)N1C. The van der Waals surface area contributed by atoms with Gasteiger partial charge in [0.05, 0.1) is 31.7 Å². The van der Waals surface area contributed by atoms with Crippen molar-refractivity contribution in [3.05, 3.63) is 126 Å². The molecule has 3 saturated heterocycles. The highest BCUT2D eigenvalue weighted by atomic mass is 32.2. The zero-order valence-electron chi connectivity index (χ0n) is 77.2. The van der Waals surface area contributed by atoms with Crippen LogP contribution in [0.15, 0.2) is 97.7 Å². The van der Waals surface area contributed by atoms with Gasteiger partial charge in [0.1, 0.15) is 90.4 Å². The minimum absolute atomic E-state index is 0.00309. The Morgan fingerprint density at radius 2 is 1.06 bits per heavy atom. The largest absolute Gasteiger partial charge is 0.394 e. The Morgan fingerprint density at radius 3 is 1.62 bits per heavy atom. The normalized spacial score (nSPS) is 24.2. The number of amides is 17. The third-order valence-electron chi connectivity index (χ3n) is 24.2. The molecule has 0 saturated carbocycles. The first kappa shape index (κ1) is 105. The van der Waals surface area contributed by atoms with Crippen LogP contribution >= 0.6 is 11.8 Å². The summed E-state index contributed by atoms with van der Waals surface area (Å²) in [5.74, 6) is -18.2. The molecule has 0 bridgehead atoms. The van der Waals surface area contributed by atoms with Gasteiger partial charge in [-0.3, -0.25) is 86.9 Å². The van der Waals surface area contributed by atoms with Crippen LogP contribution in [0.1, 0.15) is 147 Å². The smallest absolute Gasteiger partial charge is 0.246 e. The molecule has 3 aliphatic rings. The number of carbonyl (C=O) groups excluding carboxylic acids is 17. The highest BCUT2D eigenvalue weighted by Crippen LogP contribution is 2.28. The first-order valence-electron chi connectivity index (χ1n) is 45.5. The summed E-state index contributed by atoms with van der Waals surface area (Å²) in [6.45, 7) is 6.57. The molecule has 42 nitrogen and oxygen atoms in total. The summed E-state index contributed by atoms with van der Waals surface area (Å²) in [5, 5.41) is 49.6. The molecule has 0 unspecified atom stereocenters. The van der Waals surface area contributed by atoms with Crippen molar-refractivity contribution in [1.82, 2.24) is 103 Å². The number of unbranched alkanes of at least 4 members (excludes halogenated alkanes) is 2. The highest BCUT2D eigenvalue weighted by Gasteiger charge is 2.46. The van der Waals surface area contributed by atoms with Crippen molar-refractivity contribution in [2.45, 2.75) is 235 Å². The molecule has 17 amide bonds. The molecule has 3 aromatic carbocycles. The van der Waals surface area contributed by atoms with E-state index in [0.717, 1.165) is 43.5 Å². The van der Waals surface area contributed by atoms with Gasteiger partial charge in [-0.25, -0.2) is 9.37 Å². The number of aromatic amines is 3. The number of carbonyl (C=O) groups is 17. The van der Waals surface area contributed by atoms with Crippen molar-refractivity contribution in [3.63, 3.8) is 0 Å². The van der Waals surface area contributed by atoms with Crippen LogP contribution in [0, 0.1) is 17.1 Å². The topological polar surface area (TPSA) is 621 Å². The lowest BCUT2D eigenvalue weighted by Crippen LogP contribution is -2.62. The standard InChI is InChI=1S/C91H127FN24O18S/c1-9-11-28-70-83(127)104-61(27-18-32-98-91(95)96)79(123)111-69(78(122)101-45-75(94)119)47-135-48-76(120)103-65(37-52-21-17-22-55(92)36-52)86(130)112(6)51(5)77(121)107-67(41-74(93)118)89(133)116-34-20-31-72(116)85(129)106-63(40-56-44-97-49-102-56)81(125)108-64(35-50(3)4)88(132)115-33-19-30-71(115)84(128)105-62(38-53-42-99-59-25-15-13-23-57(53)59)80(124)110-68(46-117)82(126)109-66(39-54-43-100-60-26-16-14-24-58(54)60)87(131)114(8)73(29-12-10-2)90(134)113(70)7/h13-17,21-26,36,42-44,49-51,61-73,99-100,117H,9-12,18-20,27-35,37-41,45-48H2,1-8H3,(H2,93,118)(H2,94,119)(H,97,102)(H,101,122)(H,103,120)(H,104,127)(H,105,128)(H,106,129)(H,107,121)(H,108,125)(H,109,126)(H,110,124)(H,111,123)(H4,95,96,98)/t51-,61-,62-,63-,64-,65-,66-,67-,68-,69-,70-,71-,72-,73-/m0/s1. The van der Waals surface area contributed by atoms with Crippen LogP contribution in [-0.2, 0) is 107 Å². The Morgan fingerprint density at radius 1 is 0.541 bits per heavy atom. The van der Waals surface area contributed by atoms with Gasteiger partial charge in [-0.15, -0.1) is 11.8 Å². The molecule has 3 fully saturated rings. The van der Waals surface area contributed by atoms with Crippen LogP contribution in [0.3, 0.4) is 0 Å². The van der Waals surface area contributed by atoms with Gasteiger partial charge in [0, 0.05) is 118 Å². The van der Waals surface area contributed by atoms with E-state index in [9.17, 15) is 52.6 Å². The first-order valence-corrected chi connectivity index (χ1v) is 46.6. The predicted octanol–water partition coefficient (Wildman–Crippen LogP) is -1.47. The third kappa shape index (κ3) is 29.5. The summed E-state index contributed by atoms with van der Waals surface area (Å²) >= 11 is 0.740. The average molecular weight is 1900 g/mol. The molecule has 44 heteroatoms. The van der Waals surface area contributed by atoms with E-state index in [1.54, 1.807) is 74.8 Å². The van der Waals surface area contributed by atoms with Gasteiger partial charge in [0.25, 0.3) is 0 Å². The molecular weight excluding hydrogens is 1770 g/mol. The number of aromatic nitrogens is 4. The van der Waals surface area contributed by atoms with Gasteiger partial charge in [-0.2, -0.15) is 0 Å². The molecule has 14 atom stereocenters. The summed E-state index contributed by atoms with van der Waals surface area (Å²) in [6, 6.07) is -2.16. The van der Waals surface area contributed by atoms with Gasteiger partial charge in [0.2, 0.25) is 100 Å². The lowest BCUT2D eigenvalue weighted by atomic mass is 10.00. The molecule has 3 aliphatic heterocycles. The van der Waals surface area contributed by atoms with Gasteiger partial charge < -0.3 is 120 Å². The molecule has 6 aromatic rings. The molecule has 6 heterocycles. The predicted molar refractivity (Wildman–Crippen MR) is 497 cm³/mol. The maximum absolute atomic E-state index is 15.8. The second-order valence-corrected chi connectivity index (χ2v) is 35.8. The average Bonchev–Trinajstić information content (AvgIpc) is 1.77. The van der Waals surface area contributed by atoms with Crippen LogP contribution in [0.25, 0.3) is 21.8 Å². The lowest BCUT2D eigenvalue weighted by Gasteiger charge is -2.36. The fourth-order valence-electron chi connectivity index (χ4n) is 16.8.